The van der Waals surface area contributed by atoms with Crippen molar-refractivity contribution >= 4 is 5.96 Å². The summed E-state index contributed by atoms with van der Waals surface area (Å²) in [5.41, 5.74) is 1.28. The van der Waals surface area contributed by atoms with Crippen LogP contribution >= 0.6 is 0 Å². The molecule has 0 bridgehead atoms. The minimum atomic E-state index is 0.00861. The van der Waals surface area contributed by atoms with Gasteiger partial charge in [0, 0.05) is 38.8 Å². The molecule has 1 aromatic rings. The minimum Gasteiger partial charge on any atom is -0.454 e. The normalized spacial score (nSPS) is 19.1. The average Bonchev–Trinajstić information content (AvgIpc) is 3.10. The smallest absolute Gasteiger partial charge is 0.231 e. The zero-order valence-electron chi connectivity index (χ0n) is 15.4. The van der Waals surface area contributed by atoms with Crippen LogP contribution in [0.4, 0.5) is 0 Å². The Bertz CT molecular complexity index is 610. The molecular formula is C19H29N3O3. The van der Waals surface area contributed by atoms with Gasteiger partial charge in [-0.15, -0.1) is 0 Å². The number of benzene rings is 1. The van der Waals surface area contributed by atoms with E-state index in [-0.39, 0.29) is 5.41 Å². The first-order chi connectivity index (χ1) is 12.1. The number of hydrogen-bond donors (Lipinski definition) is 2. The van der Waals surface area contributed by atoms with Crippen LogP contribution in [0.5, 0.6) is 11.5 Å². The molecule has 2 aliphatic rings. The van der Waals surface area contributed by atoms with E-state index in [1.807, 2.05) is 13.1 Å². The van der Waals surface area contributed by atoms with Crippen molar-refractivity contribution in [2.24, 2.45) is 10.9 Å². The van der Waals surface area contributed by atoms with E-state index in [4.69, 9.17) is 14.2 Å². The summed E-state index contributed by atoms with van der Waals surface area (Å²) in [6, 6.07) is 6.30. The lowest BCUT2D eigenvalue weighted by atomic mass is 9.74. The van der Waals surface area contributed by atoms with Gasteiger partial charge in [-0.2, -0.15) is 0 Å². The van der Waals surface area contributed by atoms with Crippen molar-refractivity contribution < 1.29 is 14.2 Å². The first-order valence-corrected chi connectivity index (χ1v) is 9.05. The number of nitrogens with one attached hydrogen (secondary N) is 2. The highest BCUT2D eigenvalue weighted by Gasteiger charge is 2.35. The SMILES string of the molecule is CN=C(NCC(C)C)NCC1(c2ccc3c(c2)OCO3)CCOCC1. The zero-order chi connectivity index (χ0) is 17.7. The summed E-state index contributed by atoms with van der Waals surface area (Å²) < 4.78 is 16.7. The van der Waals surface area contributed by atoms with Gasteiger partial charge in [0.1, 0.15) is 0 Å². The second kappa shape index (κ2) is 7.95. The van der Waals surface area contributed by atoms with Crippen LogP contribution in [-0.2, 0) is 10.2 Å². The van der Waals surface area contributed by atoms with Crippen LogP contribution in [-0.4, -0.2) is 46.1 Å². The molecule has 0 unspecified atom stereocenters. The molecule has 2 heterocycles. The molecule has 138 valence electrons. The Morgan fingerprint density at radius 1 is 1.16 bits per heavy atom. The standard InChI is InChI=1S/C19H29N3O3/c1-14(2)11-21-18(20-3)22-12-19(6-8-23-9-7-19)15-4-5-16-17(10-15)25-13-24-16/h4-5,10,14H,6-9,11-13H2,1-3H3,(H2,20,21,22). The predicted octanol–water partition coefficient (Wildman–Crippen LogP) is 2.28. The first kappa shape index (κ1) is 17.9. The van der Waals surface area contributed by atoms with Crippen LogP contribution in [0.3, 0.4) is 0 Å². The average molecular weight is 347 g/mol. The summed E-state index contributed by atoms with van der Waals surface area (Å²) in [6.45, 7) is 7.94. The molecule has 0 spiro atoms. The van der Waals surface area contributed by atoms with E-state index in [0.29, 0.717) is 12.7 Å². The van der Waals surface area contributed by atoms with Crippen molar-refractivity contribution in [1.29, 1.82) is 0 Å². The van der Waals surface area contributed by atoms with E-state index < -0.39 is 0 Å². The highest BCUT2D eigenvalue weighted by molar-refractivity contribution is 5.79. The molecule has 1 saturated heterocycles. The molecule has 2 N–H and O–H groups in total. The van der Waals surface area contributed by atoms with Crippen LogP contribution in [0.1, 0.15) is 32.3 Å². The van der Waals surface area contributed by atoms with Crippen molar-refractivity contribution in [2.75, 3.05) is 40.1 Å². The molecule has 0 aromatic heterocycles. The van der Waals surface area contributed by atoms with Gasteiger partial charge < -0.3 is 24.8 Å². The lowest BCUT2D eigenvalue weighted by Gasteiger charge is -2.38. The molecule has 2 aliphatic heterocycles. The maximum atomic E-state index is 5.62. The summed E-state index contributed by atoms with van der Waals surface area (Å²) in [4.78, 5) is 4.35. The minimum absolute atomic E-state index is 0.00861. The third-order valence-corrected chi connectivity index (χ3v) is 4.93. The molecule has 25 heavy (non-hydrogen) atoms. The summed E-state index contributed by atoms with van der Waals surface area (Å²) in [5, 5.41) is 6.89. The molecule has 0 amide bonds. The largest absolute Gasteiger partial charge is 0.454 e. The van der Waals surface area contributed by atoms with E-state index in [9.17, 15) is 0 Å². The Labute approximate surface area is 149 Å². The van der Waals surface area contributed by atoms with Crippen molar-refractivity contribution in [3.63, 3.8) is 0 Å². The molecule has 0 radical (unpaired) electrons. The van der Waals surface area contributed by atoms with Gasteiger partial charge in [0.25, 0.3) is 0 Å². The topological polar surface area (TPSA) is 64.1 Å². The van der Waals surface area contributed by atoms with Crippen molar-refractivity contribution in [3.8, 4) is 11.5 Å². The van der Waals surface area contributed by atoms with Crippen molar-refractivity contribution in [1.82, 2.24) is 10.6 Å². The zero-order valence-corrected chi connectivity index (χ0v) is 15.4. The third kappa shape index (κ3) is 4.18. The maximum absolute atomic E-state index is 5.62. The van der Waals surface area contributed by atoms with E-state index >= 15 is 0 Å². The Kier molecular flexibility index (Phi) is 5.68. The Morgan fingerprint density at radius 3 is 2.64 bits per heavy atom. The van der Waals surface area contributed by atoms with Gasteiger partial charge in [-0.05, 0) is 36.5 Å². The molecule has 0 aliphatic carbocycles. The molecule has 0 atom stereocenters. The lowest BCUT2D eigenvalue weighted by Crippen LogP contribution is -2.48. The number of hydrogen-bond acceptors (Lipinski definition) is 4. The molecule has 6 heteroatoms. The van der Waals surface area contributed by atoms with Crippen LogP contribution in [0.15, 0.2) is 23.2 Å². The number of ether oxygens (including phenoxy) is 3. The predicted molar refractivity (Wildman–Crippen MR) is 98.5 cm³/mol. The van der Waals surface area contributed by atoms with Gasteiger partial charge in [-0.1, -0.05) is 19.9 Å². The molecule has 1 fully saturated rings. The fraction of sp³-hybridized carbons (Fsp3) is 0.632. The van der Waals surface area contributed by atoms with E-state index in [1.54, 1.807) is 0 Å². The molecule has 0 saturated carbocycles. The second-order valence-corrected chi connectivity index (χ2v) is 7.16. The first-order valence-electron chi connectivity index (χ1n) is 9.05. The summed E-state index contributed by atoms with van der Waals surface area (Å²) in [7, 11) is 1.81. The lowest BCUT2D eigenvalue weighted by molar-refractivity contribution is 0.0513. The van der Waals surface area contributed by atoms with Gasteiger partial charge in [0.2, 0.25) is 6.79 Å². The number of rotatable bonds is 5. The van der Waals surface area contributed by atoms with Crippen LogP contribution in [0.2, 0.25) is 0 Å². The number of fused-ring (bicyclic) bond motifs is 1. The molecule has 3 rings (SSSR count). The Morgan fingerprint density at radius 2 is 1.92 bits per heavy atom. The number of aliphatic imine (C=N–C) groups is 1. The van der Waals surface area contributed by atoms with Crippen molar-refractivity contribution in [2.45, 2.75) is 32.1 Å². The Balaban J connectivity index is 1.75. The summed E-state index contributed by atoms with van der Waals surface area (Å²) in [6.07, 6.45) is 1.95. The van der Waals surface area contributed by atoms with Crippen LogP contribution < -0.4 is 20.1 Å². The van der Waals surface area contributed by atoms with E-state index in [0.717, 1.165) is 56.6 Å². The fourth-order valence-electron chi connectivity index (χ4n) is 3.33. The van der Waals surface area contributed by atoms with Crippen molar-refractivity contribution in [3.05, 3.63) is 23.8 Å². The number of nitrogens with zero attached hydrogens (tertiary/aromatic N) is 1. The molecule has 6 nitrogen and oxygen atoms in total. The fourth-order valence-corrected chi connectivity index (χ4v) is 3.33. The summed E-state index contributed by atoms with van der Waals surface area (Å²) in [5.74, 6) is 3.09. The Hall–Kier alpha value is -1.95. The van der Waals surface area contributed by atoms with Gasteiger partial charge >= 0.3 is 0 Å². The quantitative estimate of drug-likeness (QED) is 0.632. The highest BCUT2D eigenvalue weighted by atomic mass is 16.7. The van der Waals surface area contributed by atoms with Gasteiger partial charge in [-0.25, -0.2) is 0 Å². The van der Waals surface area contributed by atoms with Gasteiger partial charge in [-0.3, -0.25) is 4.99 Å². The van der Waals surface area contributed by atoms with Gasteiger partial charge in [0.15, 0.2) is 17.5 Å². The van der Waals surface area contributed by atoms with Crippen LogP contribution in [0.25, 0.3) is 0 Å². The molecular weight excluding hydrogens is 318 g/mol. The number of guanidine groups is 1. The molecule has 1 aromatic carbocycles. The van der Waals surface area contributed by atoms with Crippen LogP contribution in [0, 0.1) is 5.92 Å². The maximum Gasteiger partial charge on any atom is 0.231 e. The van der Waals surface area contributed by atoms with E-state index in [1.165, 1.54) is 5.56 Å². The monoisotopic (exact) mass is 347 g/mol. The highest BCUT2D eigenvalue weighted by Crippen LogP contribution is 2.40. The van der Waals surface area contributed by atoms with Gasteiger partial charge in [0.05, 0.1) is 0 Å². The van der Waals surface area contributed by atoms with E-state index in [2.05, 4.69) is 41.6 Å². The third-order valence-electron chi connectivity index (χ3n) is 4.93. The summed E-state index contributed by atoms with van der Waals surface area (Å²) >= 11 is 0. The second-order valence-electron chi connectivity index (χ2n) is 7.16.